The van der Waals surface area contributed by atoms with Crippen molar-refractivity contribution < 1.29 is 33.5 Å². The van der Waals surface area contributed by atoms with Crippen LogP contribution in [0.3, 0.4) is 0 Å². The third-order valence-corrected chi connectivity index (χ3v) is 9.08. The number of nitrogens with one attached hydrogen (secondary N) is 3. The Balaban J connectivity index is 0.00000181. The molecule has 2 aliphatic carbocycles. The Morgan fingerprint density at radius 1 is 0.915 bits per heavy atom. The van der Waals surface area contributed by atoms with Gasteiger partial charge in [-0.1, -0.05) is 59.8 Å². The van der Waals surface area contributed by atoms with Crippen LogP contribution in [0.15, 0.2) is 0 Å². The summed E-state index contributed by atoms with van der Waals surface area (Å²) in [5.74, 6) is -2.34. The number of ether oxygens (including phenoxy) is 1. The van der Waals surface area contributed by atoms with Gasteiger partial charge >= 0.3 is 12.0 Å². The quantitative estimate of drug-likeness (QED) is 0.130. The Kier molecular flexibility index (Phi) is 15.9. The molecule has 12 nitrogen and oxygen atoms in total. The Bertz CT molecular complexity index is 1100. The number of carbonyl (C=O) groups is 6. The van der Waals surface area contributed by atoms with E-state index >= 15 is 0 Å². The number of nitrogens with two attached hydrogens (primary N) is 1. The van der Waals surface area contributed by atoms with E-state index in [0.29, 0.717) is 18.7 Å². The summed E-state index contributed by atoms with van der Waals surface area (Å²) in [5, 5.41) is 7.99. The lowest BCUT2D eigenvalue weighted by molar-refractivity contribution is -0.153. The van der Waals surface area contributed by atoms with Crippen LogP contribution in [0.2, 0.25) is 0 Å². The third-order valence-electron chi connectivity index (χ3n) is 8.60. The first-order chi connectivity index (χ1) is 21.9. The summed E-state index contributed by atoms with van der Waals surface area (Å²) in [7, 11) is 0. The average Bonchev–Trinajstić information content (AvgIpc) is 3.70. The number of urea groups is 1. The Hall–Kier alpha value is -2.89. The summed E-state index contributed by atoms with van der Waals surface area (Å²) in [5.41, 5.74) is 4.55. The van der Waals surface area contributed by atoms with Gasteiger partial charge in [-0.25, -0.2) is 4.79 Å². The molecule has 4 unspecified atom stereocenters. The second-order valence-electron chi connectivity index (χ2n) is 15.1. The number of esters is 1. The summed E-state index contributed by atoms with van der Waals surface area (Å²) >= 11 is 6.16. The zero-order chi connectivity index (χ0) is 35.5. The maximum absolute atomic E-state index is 14.2. The van der Waals surface area contributed by atoms with Crippen molar-refractivity contribution in [2.75, 3.05) is 19.0 Å². The van der Waals surface area contributed by atoms with Crippen molar-refractivity contribution >= 4 is 47.1 Å². The lowest BCUT2D eigenvalue weighted by Crippen LogP contribution is -2.59. The zero-order valence-electron chi connectivity index (χ0n) is 29.4. The van der Waals surface area contributed by atoms with Crippen molar-refractivity contribution in [2.45, 2.75) is 130 Å². The van der Waals surface area contributed by atoms with E-state index in [1.807, 2.05) is 6.92 Å². The molecule has 47 heavy (non-hydrogen) atoms. The lowest BCUT2D eigenvalue weighted by atomic mass is 9.83. The molecule has 3 aliphatic rings. The minimum Gasteiger partial charge on any atom is -0.459 e. The Morgan fingerprint density at radius 2 is 1.51 bits per heavy atom. The third kappa shape index (κ3) is 14.0. The number of alkyl halides is 1. The van der Waals surface area contributed by atoms with Gasteiger partial charge < -0.3 is 31.3 Å². The zero-order valence-corrected chi connectivity index (χ0v) is 30.1. The maximum Gasteiger partial charge on any atom is 0.325 e. The summed E-state index contributed by atoms with van der Waals surface area (Å²) in [4.78, 5) is 78.7. The van der Waals surface area contributed by atoms with Crippen LogP contribution in [0.4, 0.5) is 4.79 Å². The van der Waals surface area contributed by atoms with E-state index in [2.05, 4.69) is 36.7 Å². The SMILES string of the molecule is CC(C)C.CC(CCl)[C@@H]1CC(C(=O)NC(CC2CC2)C(=O)C(N)=O)N(C(=O)C(NC(=O)NCC(=O)OC(C)(C)C)C2CCCCC2)C1. The molecule has 5 N–H and O–H groups in total. The topological polar surface area (TPSA) is 177 Å². The predicted molar refractivity (Wildman–Crippen MR) is 180 cm³/mol. The van der Waals surface area contributed by atoms with E-state index in [1.54, 1.807) is 20.8 Å². The van der Waals surface area contributed by atoms with Crippen molar-refractivity contribution in [1.29, 1.82) is 0 Å². The standard InChI is InChI=1S/C30H48ClN5O7.C4H10/c1-17(14-31)20-13-22(27(40)34-21(12-18-10-11-18)25(38)26(32)39)36(16-20)28(41)24(19-8-6-5-7-9-19)35-29(42)33-15-23(37)43-30(2,3)4;1-4(2)3/h17-22,24H,5-16H2,1-4H3,(H2,32,39)(H,34,40)(H2,33,35,42);4H,1-3H3/t17?,20-,21?,22?,24?;/m1./s1. The molecule has 1 saturated heterocycles. The summed E-state index contributed by atoms with van der Waals surface area (Å²) in [6.07, 6.45) is 6.76. The largest absolute Gasteiger partial charge is 0.459 e. The minimum absolute atomic E-state index is 0.00231. The highest BCUT2D eigenvalue weighted by Gasteiger charge is 2.46. The fourth-order valence-corrected chi connectivity index (χ4v) is 6.26. The first kappa shape index (κ1) is 40.3. The molecule has 2 saturated carbocycles. The van der Waals surface area contributed by atoms with Gasteiger partial charge in [-0.05, 0) is 76.0 Å². The molecule has 268 valence electrons. The minimum atomic E-state index is -1.11. The van der Waals surface area contributed by atoms with Crippen LogP contribution in [0.5, 0.6) is 0 Å². The fraction of sp³-hybridized carbons (Fsp3) is 0.824. The molecule has 0 aromatic carbocycles. The summed E-state index contributed by atoms with van der Waals surface area (Å²) < 4.78 is 5.25. The smallest absolute Gasteiger partial charge is 0.325 e. The predicted octanol–water partition coefficient (Wildman–Crippen LogP) is 3.67. The van der Waals surface area contributed by atoms with E-state index in [9.17, 15) is 28.8 Å². The van der Waals surface area contributed by atoms with Crippen LogP contribution >= 0.6 is 11.6 Å². The van der Waals surface area contributed by atoms with Crippen LogP contribution in [-0.4, -0.2) is 83.1 Å². The molecule has 5 atom stereocenters. The molecular formula is C34H58ClN5O7. The van der Waals surface area contributed by atoms with Gasteiger partial charge in [0.05, 0.1) is 6.04 Å². The monoisotopic (exact) mass is 683 g/mol. The molecule has 0 aromatic rings. The number of hydrogen-bond donors (Lipinski definition) is 4. The number of hydrogen-bond acceptors (Lipinski definition) is 7. The number of halogens is 1. The molecule has 1 heterocycles. The maximum atomic E-state index is 14.2. The first-order valence-electron chi connectivity index (χ1n) is 17.2. The summed E-state index contributed by atoms with van der Waals surface area (Å²) in [6.45, 7) is 13.5. The molecule has 0 spiro atoms. The average molecular weight is 684 g/mol. The van der Waals surface area contributed by atoms with Gasteiger partial charge in [-0.15, -0.1) is 11.6 Å². The van der Waals surface area contributed by atoms with Crippen LogP contribution in [0.1, 0.15) is 106 Å². The molecule has 0 aromatic heterocycles. The fourth-order valence-electron chi connectivity index (χ4n) is 6.01. The van der Waals surface area contributed by atoms with Crippen LogP contribution in [0.25, 0.3) is 0 Å². The normalized spacial score (nSPS) is 21.9. The Morgan fingerprint density at radius 3 is 2.02 bits per heavy atom. The van der Waals surface area contributed by atoms with Crippen LogP contribution in [0, 0.1) is 29.6 Å². The van der Waals surface area contributed by atoms with E-state index in [0.717, 1.165) is 50.9 Å². The highest BCUT2D eigenvalue weighted by atomic mass is 35.5. The van der Waals surface area contributed by atoms with Gasteiger partial charge in [0.1, 0.15) is 24.2 Å². The van der Waals surface area contributed by atoms with Crippen molar-refractivity contribution in [2.24, 2.45) is 35.3 Å². The first-order valence-corrected chi connectivity index (χ1v) is 17.7. The highest BCUT2D eigenvalue weighted by molar-refractivity contribution is 6.37. The summed E-state index contributed by atoms with van der Waals surface area (Å²) in [6, 6.07) is -3.57. The van der Waals surface area contributed by atoms with Crippen molar-refractivity contribution in [3.63, 3.8) is 0 Å². The molecule has 5 amide bonds. The van der Waals surface area contributed by atoms with Crippen LogP contribution < -0.4 is 21.7 Å². The van der Waals surface area contributed by atoms with Gasteiger partial charge in [-0.2, -0.15) is 0 Å². The van der Waals surface area contributed by atoms with Crippen molar-refractivity contribution in [1.82, 2.24) is 20.9 Å². The molecule has 3 fully saturated rings. The number of primary amides is 1. The lowest BCUT2D eigenvalue weighted by Gasteiger charge is -2.35. The molecule has 0 radical (unpaired) electrons. The van der Waals surface area contributed by atoms with Gasteiger partial charge in [0, 0.05) is 12.4 Å². The van der Waals surface area contributed by atoms with Crippen molar-refractivity contribution in [3.8, 4) is 0 Å². The Labute approximate surface area is 285 Å². The second-order valence-corrected chi connectivity index (χ2v) is 15.4. The second kappa shape index (κ2) is 18.6. The van der Waals surface area contributed by atoms with E-state index < -0.39 is 59.2 Å². The number of carbonyl (C=O) groups excluding carboxylic acids is 6. The number of ketones is 1. The molecular weight excluding hydrogens is 626 g/mol. The molecule has 3 rings (SSSR count). The number of likely N-dealkylation sites (tertiary alicyclic amines) is 1. The van der Waals surface area contributed by atoms with E-state index in [1.165, 1.54) is 4.90 Å². The number of rotatable bonds is 13. The molecule has 13 heteroatoms. The molecule has 0 bridgehead atoms. The number of amides is 5. The van der Waals surface area contributed by atoms with Crippen LogP contribution in [-0.2, 0) is 28.7 Å². The number of Topliss-reactive ketones (excluding diaryl/α,β-unsaturated/α-hetero) is 1. The van der Waals surface area contributed by atoms with Gasteiger partial charge in [0.15, 0.2) is 0 Å². The number of nitrogens with zero attached hydrogens (tertiary/aromatic N) is 1. The van der Waals surface area contributed by atoms with Gasteiger partial charge in [0.25, 0.3) is 5.91 Å². The van der Waals surface area contributed by atoms with Gasteiger partial charge in [-0.3, -0.25) is 24.0 Å². The highest BCUT2D eigenvalue weighted by Crippen LogP contribution is 2.35. The van der Waals surface area contributed by atoms with Crippen molar-refractivity contribution in [3.05, 3.63) is 0 Å². The van der Waals surface area contributed by atoms with E-state index in [-0.39, 0.29) is 36.8 Å². The molecule has 1 aliphatic heterocycles. The van der Waals surface area contributed by atoms with Gasteiger partial charge in [0.2, 0.25) is 17.6 Å². The van der Waals surface area contributed by atoms with E-state index in [4.69, 9.17) is 22.1 Å².